The van der Waals surface area contributed by atoms with Crippen LogP contribution in [0.3, 0.4) is 0 Å². The number of nitrogens with one attached hydrogen (secondary N) is 2. The molecule has 0 aromatic heterocycles. The number of amides is 2. The van der Waals surface area contributed by atoms with Gasteiger partial charge in [0.15, 0.2) is 11.5 Å². The first-order chi connectivity index (χ1) is 14.4. The van der Waals surface area contributed by atoms with Gasteiger partial charge in [0.2, 0.25) is 0 Å². The number of carbonyl (C=O) groups excluding carboxylic acids is 2. The quantitative estimate of drug-likeness (QED) is 0.677. The lowest BCUT2D eigenvalue weighted by atomic mass is 9.95. The standard InChI is InChI=1S/C23H26N2O5/c1-14(2)30-22(26)20-15(3)24-23(27)25-21(20)17-10-11-18(19(12-17)28-4)29-13-16-8-6-5-7-9-16/h5-12,14,21H,13H2,1-4H3,(H2,24,25,27)/t21-/m0/s1. The van der Waals surface area contributed by atoms with Crippen molar-refractivity contribution in [3.05, 3.63) is 70.9 Å². The topological polar surface area (TPSA) is 85.9 Å². The molecule has 0 bridgehead atoms. The molecule has 2 aromatic rings. The SMILES string of the molecule is COc1cc([C@@H]2NC(=O)NC(C)=C2C(=O)OC(C)C)ccc1OCc1ccccc1. The van der Waals surface area contributed by atoms with Crippen molar-refractivity contribution in [2.75, 3.05) is 7.11 Å². The Morgan fingerprint density at radius 2 is 1.83 bits per heavy atom. The van der Waals surface area contributed by atoms with Crippen LogP contribution in [0.2, 0.25) is 0 Å². The van der Waals surface area contributed by atoms with Crippen LogP contribution >= 0.6 is 0 Å². The minimum Gasteiger partial charge on any atom is -0.493 e. The van der Waals surface area contributed by atoms with E-state index >= 15 is 0 Å². The van der Waals surface area contributed by atoms with Crippen molar-refractivity contribution >= 4 is 12.0 Å². The number of esters is 1. The molecule has 0 aliphatic carbocycles. The molecule has 1 aliphatic heterocycles. The van der Waals surface area contributed by atoms with Crippen molar-refractivity contribution in [1.29, 1.82) is 0 Å². The van der Waals surface area contributed by atoms with Crippen LogP contribution in [0.5, 0.6) is 11.5 Å². The van der Waals surface area contributed by atoms with E-state index in [9.17, 15) is 9.59 Å². The highest BCUT2D eigenvalue weighted by Crippen LogP contribution is 2.35. The van der Waals surface area contributed by atoms with Gasteiger partial charge in [-0.25, -0.2) is 9.59 Å². The Morgan fingerprint density at radius 3 is 2.50 bits per heavy atom. The molecule has 7 nitrogen and oxygen atoms in total. The third kappa shape index (κ3) is 4.92. The van der Waals surface area contributed by atoms with Crippen LogP contribution in [-0.4, -0.2) is 25.2 Å². The van der Waals surface area contributed by atoms with Gasteiger partial charge in [0.1, 0.15) is 6.61 Å². The lowest BCUT2D eigenvalue weighted by Gasteiger charge is -2.29. The minimum atomic E-state index is -0.665. The fraction of sp³-hybridized carbons (Fsp3) is 0.304. The summed E-state index contributed by atoms with van der Waals surface area (Å²) in [5.41, 5.74) is 2.52. The highest BCUT2D eigenvalue weighted by molar-refractivity contribution is 5.95. The second kappa shape index (κ2) is 9.35. The second-order valence-corrected chi connectivity index (χ2v) is 7.21. The zero-order chi connectivity index (χ0) is 21.7. The van der Waals surface area contributed by atoms with Gasteiger partial charge < -0.3 is 24.8 Å². The summed E-state index contributed by atoms with van der Waals surface area (Å²) in [7, 11) is 1.55. The second-order valence-electron chi connectivity index (χ2n) is 7.21. The molecular formula is C23H26N2O5. The van der Waals surface area contributed by atoms with E-state index in [1.165, 1.54) is 0 Å². The normalized spacial score (nSPS) is 16.0. The minimum absolute atomic E-state index is 0.278. The molecule has 2 amide bonds. The lowest BCUT2D eigenvalue weighted by Crippen LogP contribution is -2.45. The maximum Gasteiger partial charge on any atom is 0.338 e. The Labute approximate surface area is 176 Å². The first kappa shape index (κ1) is 21.2. The molecule has 1 aliphatic rings. The molecule has 3 rings (SSSR count). The summed E-state index contributed by atoms with van der Waals surface area (Å²) in [6, 6.07) is 14.1. The third-order valence-corrected chi connectivity index (χ3v) is 4.59. The van der Waals surface area contributed by atoms with Gasteiger partial charge in [-0.2, -0.15) is 0 Å². The molecule has 0 saturated carbocycles. The molecule has 0 spiro atoms. The van der Waals surface area contributed by atoms with Crippen LogP contribution < -0.4 is 20.1 Å². The molecule has 158 valence electrons. The monoisotopic (exact) mass is 410 g/mol. The van der Waals surface area contributed by atoms with Crippen LogP contribution in [0.1, 0.15) is 37.9 Å². The van der Waals surface area contributed by atoms with Crippen molar-refractivity contribution < 1.29 is 23.8 Å². The van der Waals surface area contributed by atoms with Gasteiger partial charge in [-0.15, -0.1) is 0 Å². The largest absolute Gasteiger partial charge is 0.493 e. The van der Waals surface area contributed by atoms with Gasteiger partial charge in [0.05, 0.1) is 24.8 Å². The van der Waals surface area contributed by atoms with E-state index < -0.39 is 12.0 Å². The number of hydrogen-bond donors (Lipinski definition) is 2. The predicted molar refractivity (Wildman–Crippen MR) is 112 cm³/mol. The number of hydrogen-bond acceptors (Lipinski definition) is 5. The molecule has 0 saturated heterocycles. The number of ether oxygens (including phenoxy) is 3. The highest BCUT2D eigenvalue weighted by atomic mass is 16.5. The van der Waals surface area contributed by atoms with E-state index in [2.05, 4.69) is 10.6 Å². The number of benzene rings is 2. The van der Waals surface area contributed by atoms with Gasteiger partial charge in [0.25, 0.3) is 0 Å². The molecule has 0 unspecified atom stereocenters. The number of carbonyl (C=O) groups is 2. The Balaban J connectivity index is 1.88. The Morgan fingerprint density at radius 1 is 1.10 bits per heavy atom. The molecular weight excluding hydrogens is 384 g/mol. The fourth-order valence-electron chi connectivity index (χ4n) is 3.21. The summed E-state index contributed by atoms with van der Waals surface area (Å²) in [6.45, 7) is 5.63. The van der Waals surface area contributed by atoms with Crippen LogP contribution in [0.25, 0.3) is 0 Å². The Kier molecular flexibility index (Phi) is 6.61. The van der Waals surface area contributed by atoms with Crippen LogP contribution in [0, 0.1) is 0 Å². The van der Waals surface area contributed by atoms with Gasteiger partial charge in [-0.3, -0.25) is 0 Å². The number of rotatable bonds is 7. The van der Waals surface area contributed by atoms with E-state index in [0.29, 0.717) is 34.9 Å². The average molecular weight is 410 g/mol. The summed E-state index contributed by atoms with van der Waals surface area (Å²) < 4.78 is 16.8. The van der Waals surface area contributed by atoms with Crippen molar-refractivity contribution in [2.24, 2.45) is 0 Å². The van der Waals surface area contributed by atoms with Crippen molar-refractivity contribution in [3.8, 4) is 11.5 Å². The first-order valence-corrected chi connectivity index (χ1v) is 9.73. The maximum absolute atomic E-state index is 12.7. The van der Waals surface area contributed by atoms with E-state index in [4.69, 9.17) is 14.2 Å². The fourth-order valence-corrected chi connectivity index (χ4v) is 3.21. The molecule has 0 radical (unpaired) electrons. The zero-order valence-electron chi connectivity index (χ0n) is 17.5. The number of methoxy groups -OCH3 is 1. The van der Waals surface area contributed by atoms with Crippen LogP contribution in [-0.2, 0) is 16.1 Å². The third-order valence-electron chi connectivity index (χ3n) is 4.59. The van der Waals surface area contributed by atoms with Gasteiger partial charge in [0, 0.05) is 5.70 Å². The Hall–Kier alpha value is -3.48. The molecule has 30 heavy (non-hydrogen) atoms. The summed E-state index contributed by atoms with van der Waals surface area (Å²) in [4.78, 5) is 24.7. The summed E-state index contributed by atoms with van der Waals surface area (Å²) in [5.74, 6) is 0.589. The van der Waals surface area contributed by atoms with Crippen LogP contribution in [0.4, 0.5) is 4.79 Å². The molecule has 2 aromatic carbocycles. The molecule has 7 heteroatoms. The van der Waals surface area contributed by atoms with E-state index in [1.54, 1.807) is 46.1 Å². The Bertz CT molecular complexity index is 953. The maximum atomic E-state index is 12.7. The van der Waals surface area contributed by atoms with E-state index in [0.717, 1.165) is 5.56 Å². The molecule has 1 heterocycles. The smallest absolute Gasteiger partial charge is 0.338 e. The summed E-state index contributed by atoms with van der Waals surface area (Å²) >= 11 is 0. The summed E-state index contributed by atoms with van der Waals surface area (Å²) in [6.07, 6.45) is -0.278. The molecule has 2 N–H and O–H groups in total. The van der Waals surface area contributed by atoms with Crippen LogP contribution in [0.15, 0.2) is 59.8 Å². The van der Waals surface area contributed by atoms with Crippen molar-refractivity contribution in [1.82, 2.24) is 10.6 Å². The number of allylic oxidation sites excluding steroid dienone is 1. The number of urea groups is 1. The van der Waals surface area contributed by atoms with Crippen molar-refractivity contribution in [3.63, 3.8) is 0 Å². The average Bonchev–Trinajstić information content (AvgIpc) is 2.71. The predicted octanol–water partition coefficient (Wildman–Crippen LogP) is 3.85. The van der Waals surface area contributed by atoms with E-state index in [1.807, 2.05) is 30.3 Å². The first-order valence-electron chi connectivity index (χ1n) is 9.73. The zero-order valence-corrected chi connectivity index (χ0v) is 17.5. The van der Waals surface area contributed by atoms with Gasteiger partial charge in [-0.05, 0) is 44.0 Å². The van der Waals surface area contributed by atoms with Crippen molar-refractivity contribution in [2.45, 2.75) is 39.5 Å². The highest BCUT2D eigenvalue weighted by Gasteiger charge is 2.33. The summed E-state index contributed by atoms with van der Waals surface area (Å²) in [5, 5.41) is 5.43. The lowest BCUT2D eigenvalue weighted by molar-refractivity contribution is -0.143. The molecule has 0 fully saturated rings. The van der Waals surface area contributed by atoms with E-state index in [-0.39, 0.29) is 12.1 Å². The van der Waals surface area contributed by atoms with Gasteiger partial charge in [-0.1, -0.05) is 36.4 Å². The molecule has 1 atom stereocenters. The van der Waals surface area contributed by atoms with Gasteiger partial charge >= 0.3 is 12.0 Å².